The maximum absolute atomic E-state index is 12.4. The Morgan fingerprint density at radius 2 is 2.11 bits per heavy atom. The van der Waals surface area contributed by atoms with Gasteiger partial charge in [0.15, 0.2) is 16.9 Å². The Kier molecular flexibility index (Phi) is 7.70. The first-order chi connectivity index (χ1) is 12.1. The Labute approximate surface area is 179 Å². The molecule has 144 valence electrons. The molecule has 2 unspecified atom stereocenters. The van der Waals surface area contributed by atoms with E-state index in [0.29, 0.717) is 0 Å². The second-order valence-corrected chi connectivity index (χ2v) is 6.99. The number of oxime groups is 1. The number of nitrogen functional groups attached to an aromatic ring is 1. The van der Waals surface area contributed by atoms with Crippen molar-refractivity contribution in [2.24, 2.45) is 5.16 Å². The van der Waals surface area contributed by atoms with Gasteiger partial charge in [-0.25, -0.2) is 4.98 Å². The van der Waals surface area contributed by atoms with E-state index in [0.717, 1.165) is 11.3 Å². The van der Waals surface area contributed by atoms with Crippen molar-refractivity contribution < 1.29 is 32.2 Å². The molecule has 0 bridgehead atoms. The summed E-state index contributed by atoms with van der Waals surface area (Å²) in [5, 5.41) is 9.38. The summed E-state index contributed by atoms with van der Waals surface area (Å²) in [5.41, 5.74) is 5.21. The van der Waals surface area contributed by atoms with Gasteiger partial charge in [0, 0.05) is 12.4 Å². The molecule has 1 aliphatic rings. The van der Waals surface area contributed by atoms with Gasteiger partial charge in [-0.2, -0.15) is 12.7 Å². The third-order valence-corrected chi connectivity index (χ3v) is 4.84. The third-order valence-electron chi connectivity index (χ3n) is 3.26. The fourth-order valence-corrected chi connectivity index (χ4v) is 3.56. The molecule has 13 nitrogen and oxygen atoms in total. The van der Waals surface area contributed by atoms with Gasteiger partial charge in [0.25, 0.3) is 11.8 Å². The SMILES string of the molecule is CNC(=O)C1C(NC(=O)/C(=N\OC)c2csc(N)n2)C(=O)N1S(=O)(=O)O.[NaH]. The maximum atomic E-state index is 12.4. The van der Waals surface area contributed by atoms with Crippen LogP contribution in [0.5, 0.6) is 0 Å². The van der Waals surface area contributed by atoms with Gasteiger partial charge in [-0.15, -0.1) is 11.3 Å². The van der Waals surface area contributed by atoms with Crippen molar-refractivity contribution in [3.63, 3.8) is 0 Å². The van der Waals surface area contributed by atoms with E-state index in [-0.39, 0.29) is 50.4 Å². The molecule has 1 fully saturated rings. The van der Waals surface area contributed by atoms with Gasteiger partial charge < -0.3 is 21.2 Å². The second-order valence-electron chi connectivity index (χ2n) is 4.82. The van der Waals surface area contributed by atoms with E-state index < -0.39 is 40.1 Å². The van der Waals surface area contributed by atoms with Crippen LogP contribution >= 0.6 is 11.3 Å². The zero-order chi connectivity index (χ0) is 19.6. The van der Waals surface area contributed by atoms with Gasteiger partial charge >= 0.3 is 39.9 Å². The predicted molar refractivity (Wildman–Crippen MR) is 95.4 cm³/mol. The number of carbonyl (C=O) groups excluding carboxylic acids is 3. The molecule has 0 aliphatic carbocycles. The van der Waals surface area contributed by atoms with Crippen molar-refractivity contribution in [2.45, 2.75) is 12.1 Å². The molecule has 0 saturated carbocycles. The third kappa shape index (κ3) is 4.74. The topological polar surface area (TPSA) is 193 Å². The molecule has 0 aromatic carbocycles. The number of aromatic nitrogens is 1. The number of amides is 3. The Balaban J connectivity index is 0.00000364. The average molecular weight is 430 g/mol. The van der Waals surface area contributed by atoms with Gasteiger partial charge in [-0.1, -0.05) is 5.16 Å². The first kappa shape index (κ1) is 23.3. The summed E-state index contributed by atoms with van der Waals surface area (Å²) < 4.78 is 31.5. The molecule has 2 rings (SSSR count). The summed E-state index contributed by atoms with van der Waals surface area (Å²) in [7, 11) is -2.61. The van der Waals surface area contributed by atoms with Crippen LogP contribution in [0.3, 0.4) is 0 Å². The number of carbonyl (C=O) groups is 3. The van der Waals surface area contributed by atoms with Crippen molar-refractivity contribution in [2.75, 3.05) is 19.9 Å². The average Bonchev–Trinajstić information content (AvgIpc) is 2.98. The van der Waals surface area contributed by atoms with E-state index in [1.807, 2.05) is 0 Å². The molecule has 5 N–H and O–H groups in total. The van der Waals surface area contributed by atoms with Crippen LogP contribution in [0.25, 0.3) is 0 Å². The first-order valence-electron chi connectivity index (χ1n) is 6.77. The molecule has 27 heavy (non-hydrogen) atoms. The fraction of sp³-hybridized carbons (Fsp3) is 0.364. The number of anilines is 1. The van der Waals surface area contributed by atoms with E-state index in [2.05, 4.69) is 25.6 Å². The second kappa shape index (κ2) is 8.94. The number of β-lactam (4-membered cyclic amide) rings is 1. The monoisotopic (exact) mass is 430 g/mol. The van der Waals surface area contributed by atoms with Gasteiger partial charge in [-0.05, 0) is 0 Å². The van der Waals surface area contributed by atoms with Gasteiger partial charge in [0.2, 0.25) is 5.91 Å². The summed E-state index contributed by atoms with van der Waals surface area (Å²) in [5.74, 6) is -3.06. The number of likely N-dealkylation sites (N-methyl/N-ethyl adjacent to an activating group) is 1. The van der Waals surface area contributed by atoms with Crippen molar-refractivity contribution >= 4 is 79.8 Å². The standard InChI is InChI=1S/C11H14N6O7S2.Na.H/c1-13-9(19)7-6(10(20)17(7)26(21,22)23)15-8(18)5(16-24-2)4-3-25-11(12)14-4;;/h3,6-7H,1-2H3,(H2,12,14)(H,13,19)(H,15,18)(H,21,22,23);;/b16-5-;;. The molecule has 1 aromatic heterocycles. The number of nitrogens with two attached hydrogens (primary N) is 1. The van der Waals surface area contributed by atoms with Crippen LogP contribution in [0, 0.1) is 0 Å². The van der Waals surface area contributed by atoms with Crippen LogP contribution in [0.15, 0.2) is 10.5 Å². The number of hydrogen-bond acceptors (Lipinski definition) is 10. The quantitative estimate of drug-likeness (QED) is 0.117. The minimum absolute atomic E-state index is 0. The molecular weight excluding hydrogens is 415 g/mol. The fourth-order valence-electron chi connectivity index (χ4n) is 2.17. The van der Waals surface area contributed by atoms with Crippen molar-refractivity contribution in [3.05, 3.63) is 11.1 Å². The predicted octanol–water partition coefficient (Wildman–Crippen LogP) is -3.33. The number of nitrogens with zero attached hydrogens (tertiary/aromatic N) is 3. The molecule has 3 amide bonds. The van der Waals surface area contributed by atoms with Gasteiger partial charge in [0.05, 0.1) is 0 Å². The van der Waals surface area contributed by atoms with Gasteiger partial charge in [0.1, 0.15) is 18.8 Å². The van der Waals surface area contributed by atoms with Crippen molar-refractivity contribution in [1.82, 2.24) is 19.9 Å². The van der Waals surface area contributed by atoms with Gasteiger partial charge in [-0.3, -0.25) is 18.9 Å². The molecule has 16 heteroatoms. The molecule has 1 aliphatic heterocycles. The van der Waals surface area contributed by atoms with E-state index in [1.165, 1.54) is 19.5 Å². The number of rotatable bonds is 6. The summed E-state index contributed by atoms with van der Waals surface area (Å²) in [6, 6.07) is -3.20. The number of nitrogens with one attached hydrogen (secondary N) is 2. The number of hydrogen-bond donors (Lipinski definition) is 4. The van der Waals surface area contributed by atoms with Crippen LogP contribution in [-0.4, -0.2) is 101 Å². The molecular formula is C11H15N6NaO7S2. The van der Waals surface area contributed by atoms with Crippen LogP contribution in [0.4, 0.5) is 5.13 Å². The van der Waals surface area contributed by atoms with Crippen LogP contribution < -0.4 is 16.4 Å². The molecule has 0 radical (unpaired) electrons. The Morgan fingerprint density at radius 3 is 2.56 bits per heavy atom. The zero-order valence-corrected chi connectivity index (χ0v) is 15.0. The summed E-state index contributed by atoms with van der Waals surface area (Å²) >= 11 is 1.03. The summed E-state index contributed by atoms with van der Waals surface area (Å²) in [6.07, 6.45) is 0. The van der Waals surface area contributed by atoms with E-state index >= 15 is 0 Å². The number of thiazole rings is 1. The molecule has 1 saturated heterocycles. The van der Waals surface area contributed by atoms with Crippen molar-refractivity contribution in [3.8, 4) is 0 Å². The minimum atomic E-state index is -4.98. The van der Waals surface area contributed by atoms with Crippen LogP contribution in [0.1, 0.15) is 5.69 Å². The molecule has 2 atom stereocenters. The molecule has 2 heterocycles. The Morgan fingerprint density at radius 1 is 1.48 bits per heavy atom. The Hall–Kier alpha value is -1.78. The van der Waals surface area contributed by atoms with E-state index in [4.69, 9.17) is 10.3 Å². The van der Waals surface area contributed by atoms with Crippen molar-refractivity contribution in [1.29, 1.82) is 0 Å². The summed E-state index contributed by atoms with van der Waals surface area (Å²) in [6.45, 7) is 0. The molecule has 1 aromatic rings. The normalized spacial score (nSPS) is 19.6. The van der Waals surface area contributed by atoms with E-state index in [9.17, 15) is 22.8 Å². The summed E-state index contributed by atoms with van der Waals surface area (Å²) in [4.78, 5) is 44.6. The zero-order valence-electron chi connectivity index (χ0n) is 13.4. The first-order valence-corrected chi connectivity index (χ1v) is 9.05. The Bertz CT molecular complexity index is 886. The van der Waals surface area contributed by atoms with Crippen LogP contribution in [-0.2, 0) is 29.5 Å². The molecule has 0 spiro atoms. The van der Waals surface area contributed by atoms with E-state index in [1.54, 1.807) is 0 Å². The van der Waals surface area contributed by atoms with Crippen LogP contribution in [0.2, 0.25) is 0 Å².